The molecule has 160 valence electrons. The summed E-state index contributed by atoms with van der Waals surface area (Å²) >= 11 is 3.31. The number of amides is 2. The smallest absolute Gasteiger partial charge is 0.353 e. The summed E-state index contributed by atoms with van der Waals surface area (Å²) in [6.07, 6.45) is -3.41. The second-order valence-electron chi connectivity index (χ2n) is 6.78. The number of benzene rings is 1. The first kappa shape index (κ1) is 22.1. The Hall–Kier alpha value is -2.62. The highest BCUT2D eigenvalue weighted by atomic mass is 79.9. The van der Waals surface area contributed by atoms with Crippen LogP contribution in [0.1, 0.15) is 22.3 Å². The summed E-state index contributed by atoms with van der Waals surface area (Å²) in [6, 6.07) is 9.27. The summed E-state index contributed by atoms with van der Waals surface area (Å²) in [6.45, 7) is 2.09. The fraction of sp³-hybridized carbons (Fsp3) is 0.350. The van der Waals surface area contributed by atoms with Crippen molar-refractivity contribution in [3.8, 4) is 0 Å². The molecule has 1 aliphatic rings. The summed E-state index contributed by atoms with van der Waals surface area (Å²) in [7, 11) is 0. The number of halogens is 4. The van der Waals surface area contributed by atoms with Crippen LogP contribution in [0.15, 0.2) is 47.1 Å². The number of hydrogen-bond donors (Lipinski definition) is 1. The van der Waals surface area contributed by atoms with Crippen LogP contribution in [-0.4, -0.2) is 54.4 Å². The van der Waals surface area contributed by atoms with Gasteiger partial charge < -0.3 is 15.1 Å². The van der Waals surface area contributed by atoms with Gasteiger partial charge >= 0.3 is 6.18 Å². The van der Waals surface area contributed by atoms with Crippen LogP contribution in [0.3, 0.4) is 0 Å². The third-order valence-electron chi connectivity index (χ3n) is 4.76. The average Bonchev–Trinajstić information content (AvgIpc) is 2.73. The van der Waals surface area contributed by atoms with Crippen LogP contribution in [0.2, 0.25) is 0 Å². The van der Waals surface area contributed by atoms with Crippen LogP contribution in [0.4, 0.5) is 19.0 Å². The monoisotopic (exact) mass is 484 g/mol. The number of anilines is 1. The van der Waals surface area contributed by atoms with Crippen molar-refractivity contribution in [2.24, 2.45) is 0 Å². The molecular weight excluding hydrogens is 465 g/mol. The zero-order valence-electron chi connectivity index (χ0n) is 16.0. The Balaban J connectivity index is 1.42. The summed E-state index contributed by atoms with van der Waals surface area (Å²) < 4.78 is 38.8. The van der Waals surface area contributed by atoms with Gasteiger partial charge in [-0.2, -0.15) is 13.2 Å². The quantitative estimate of drug-likeness (QED) is 0.706. The number of hydrogen-bond acceptors (Lipinski definition) is 4. The lowest BCUT2D eigenvalue weighted by atomic mass is 10.2. The summed E-state index contributed by atoms with van der Waals surface area (Å²) in [4.78, 5) is 31.9. The normalized spacial score (nSPS) is 14.5. The number of piperazine rings is 1. The summed E-state index contributed by atoms with van der Waals surface area (Å²) in [5, 5.41) is 2.73. The molecule has 1 aromatic carbocycles. The third-order valence-corrected chi connectivity index (χ3v) is 5.29. The molecule has 1 aromatic heterocycles. The van der Waals surface area contributed by atoms with Crippen LogP contribution >= 0.6 is 15.9 Å². The molecule has 0 atom stereocenters. The third kappa shape index (κ3) is 5.71. The Kier molecular flexibility index (Phi) is 6.96. The molecule has 0 bridgehead atoms. The van der Waals surface area contributed by atoms with Gasteiger partial charge in [0.25, 0.3) is 5.91 Å². The number of aromatic nitrogens is 1. The number of carbonyl (C=O) groups is 2. The number of nitrogens with one attached hydrogen (secondary N) is 1. The SMILES string of the molecule is O=C(NCCC(=O)N1CCN(c2ccc(C(F)(F)F)cn2)CC1)c1ccc(Br)cc1. The minimum Gasteiger partial charge on any atom is -0.353 e. The van der Waals surface area contributed by atoms with E-state index >= 15 is 0 Å². The molecule has 0 spiro atoms. The van der Waals surface area contributed by atoms with Crippen molar-refractivity contribution in [1.82, 2.24) is 15.2 Å². The van der Waals surface area contributed by atoms with E-state index in [1.807, 2.05) is 4.90 Å². The summed E-state index contributed by atoms with van der Waals surface area (Å²) in [5.74, 6) is 0.136. The van der Waals surface area contributed by atoms with E-state index in [0.29, 0.717) is 37.6 Å². The van der Waals surface area contributed by atoms with Gasteiger partial charge in [-0.3, -0.25) is 9.59 Å². The minimum atomic E-state index is -4.41. The molecule has 2 amide bonds. The first-order chi connectivity index (χ1) is 14.2. The Bertz CT molecular complexity index is 880. The molecule has 1 aliphatic heterocycles. The number of nitrogens with zero attached hydrogens (tertiary/aromatic N) is 3. The van der Waals surface area contributed by atoms with E-state index in [2.05, 4.69) is 26.2 Å². The van der Waals surface area contributed by atoms with Gasteiger partial charge in [0.2, 0.25) is 5.91 Å². The minimum absolute atomic E-state index is 0.0777. The lowest BCUT2D eigenvalue weighted by Crippen LogP contribution is -2.49. The topological polar surface area (TPSA) is 65.5 Å². The van der Waals surface area contributed by atoms with Crippen molar-refractivity contribution in [2.75, 3.05) is 37.6 Å². The number of pyridine rings is 1. The van der Waals surface area contributed by atoms with Crippen LogP contribution in [0.5, 0.6) is 0 Å². The van der Waals surface area contributed by atoms with Crippen LogP contribution in [0.25, 0.3) is 0 Å². The Morgan fingerprint density at radius 1 is 1.03 bits per heavy atom. The molecule has 0 aliphatic carbocycles. The molecule has 0 unspecified atom stereocenters. The van der Waals surface area contributed by atoms with Crippen molar-refractivity contribution in [2.45, 2.75) is 12.6 Å². The van der Waals surface area contributed by atoms with E-state index < -0.39 is 11.7 Å². The van der Waals surface area contributed by atoms with Gasteiger partial charge in [0.1, 0.15) is 5.82 Å². The molecule has 30 heavy (non-hydrogen) atoms. The first-order valence-electron chi connectivity index (χ1n) is 9.34. The van der Waals surface area contributed by atoms with E-state index in [9.17, 15) is 22.8 Å². The van der Waals surface area contributed by atoms with Gasteiger partial charge in [-0.05, 0) is 36.4 Å². The van der Waals surface area contributed by atoms with E-state index in [1.54, 1.807) is 29.2 Å². The van der Waals surface area contributed by atoms with E-state index in [-0.39, 0.29) is 24.8 Å². The fourth-order valence-corrected chi connectivity index (χ4v) is 3.33. The van der Waals surface area contributed by atoms with Crippen LogP contribution in [0, 0.1) is 0 Å². The average molecular weight is 485 g/mol. The van der Waals surface area contributed by atoms with E-state index in [0.717, 1.165) is 16.7 Å². The van der Waals surface area contributed by atoms with Gasteiger partial charge in [-0.15, -0.1) is 0 Å². The largest absolute Gasteiger partial charge is 0.417 e. The number of alkyl halides is 3. The molecule has 1 fully saturated rings. The maximum absolute atomic E-state index is 12.6. The summed E-state index contributed by atoms with van der Waals surface area (Å²) in [5.41, 5.74) is -0.270. The van der Waals surface area contributed by atoms with Crippen molar-refractivity contribution in [3.05, 3.63) is 58.2 Å². The molecule has 1 N–H and O–H groups in total. The van der Waals surface area contributed by atoms with Gasteiger partial charge in [0.05, 0.1) is 5.56 Å². The highest BCUT2D eigenvalue weighted by Crippen LogP contribution is 2.29. The molecular formula is C20H20BrF3N4O2. The molecule has 3 rings (SSSR count). The highest BCUT2D eigenvalue weighted by Gasteiger charge is 2.31. The van der Waals surface area contributed by atoms with Gasteiger partial charge in [0.15, 0.2) is 0 Å². The standard InChI is InChI=1S/C20H20BrF3N4O2/c21-16-4-1-14(2-5-16)19(30)25-8-7-18(29)28-11-9-27(10-12-28)17-6-3-15(13-26-17)20(22,23)24/h1-6,13H,7-12H2,(H,25,30). The van der Waals surface area contributed by atoms with Crippen molar-refractivity contribution in [3.63, 3.8) is 0 Å². The molecule has 0 saturated carbocycles. The maximum Gasteiger partial charge on any atom is 0.417 e. The highest BCUT2D eigenvalue weighted by molar-refractivity contribution is 9.10. The zero-order valence-corrected chi connectivity index (χ0v) is 17.5. The van der Waals surface area contributed by atoms with Gasteiger partial charge in [0, 0.05) is 55.4 Å². The lowest BCUT2D eigenvalue weighted by Gasteiger charge is -2.35. The van der Waals surface area contributed by atoms with E-state index in [1.165, 1.54) is 6.07 Å². The fourth-order valence-electron chi connectivity index (χ4n) is 3.07. The second kappa shape index (κ2) is 9.46. The molecule has 6 nitrogen and oxygen atoms in total. The predicted molar refractivity (Wildman–Crippen MR) is 109 cm³/mol. The predicted octanol–water partition coefficient (Wildman–Crippen LogP) is 3.33. The Labute approximate surface area is 180 Å². The van der Waals surface area contributed by atoms with Crippen molar-refractivity contribution >= 4 is 33.6 Å². The maximum atomic E-state index is 12.6. The molecule has 10 heteroatoms. The number of rotatable bonds is 5. The Morgan fingerprint density at radius 3 is 2.27 bits per heavy atom. The van der Waals surface area contributed by atoms with Gasteiger partial charge in [-0.1, -0.05) is 15.9 Å². The van der Waals surface area contributed by atoms with Gasteiger partial charge in [-0.25, -0.2) is 4.98 Å². The van der Waals surface area contributed by atoms with Crippen molar-refractivity contribution in [1.29, 1.82) is 0 Å². The van der Waals surface area contributed by atoms with Crippen molar-refractivity contribution < 1.29 is 22.8 Å². The van der Waals surface area contributed by atoms with Crippen LogP contribution < -0.4 is 10.2 Å². The molecule has 1 saturated heterocycles. The second-order valence-corrected chi connectivity index (χ2v) is 7.70. The van der Waals surface area contributed by atoms with Crippen LogP contribution in [-0.2, 0) is 11.0 Å². The van der Waals surface area contributed by atoms with E-state index in [4.69, 9.17) is 0 Å². The lowest BCUT2D eigenvalue weighted by molar-refractivity contribution is -0.137. The Morgan fingerprint density at radius 2 is 1.70 bits per heavy atom. The molecule has 2 heterocycles. The number of carbonyl (C=O) groups excluding carboxylic acids is 2. The zero-order chi connectivity index (χ0) is 21.7. The molecule has 2 aromatic rings. The molecule has 0 radical (unpaired) electrons. The first-order valence-corrected chi connectivity index (χ1v) is 10.1.